The predicted molar refractivity (Wildman–Crippen MR) is 114 cm³/mol. The van der Waals surface area contributed by atoms with Gasteiger partial charge < -0.3 is 23.0 Å². The van der Waals surface area contributed by atoms with E-state index < -0.39 is 17.4 Å². The van der Waals surface area contributed by atoms with Gasteiger partial charge >= 0.3 is 11.9 Å². The topological polar surface area (TPSA) is 105 Å². The first-order chi connectivity index (χ1) is 15.5. The molecule has 2 aromatic carbocycles. The van der Waals surface area contributed by atoms with Crippen LogP contribution in [0.5, 0.6) is 11.5 Å². The van der Waals surface area contributed by atoms with Gasteiger partial charge in [0.15, 0.2) is 0 Å². The third-order valence-corrected chi connectivity index (χ3v) is 4.64. The first-order valence-corrected chi connectivity index (χ1v) is 9.70. The molecule has 4 rings (SSSR count). The fourth-order valence-corrected chi connectivity index (χ4v) is 3.15. The third kappa shape index (κ3) is 3.98. The SMILES string of the molecule is CCOC(=O)c1oc2cc(OC(=O)c3ccco3)ccc2c(=O)c1-c1ccc(OC)cc1. The highest BCUT2D eigenvalue weighted by atomic mass is 16.6. The Balaban J connectivity index is 1.83. The lowest BCUT2D eigenvalue weighted by Gasteiger charge is -2.11. The van der Waals surface area contributed by atoms with E-state index >= 15 is 0 Å². The van der Waals surface area contributed by atoms with Gasteiger partial charge in [0, 0.05) is 6.07 Å². The Morgan fingerprint density at radius 3 is 2.38 bits per heavy atom. The molecule has 0 unspecified atom stereocenters. The Morgan fingerprint density at radius 1 is 0.969 bits per heavy atom. The fraction of sp³-hybridized carbons (Fsp3) is 0.125. The summed E-state index contributed by atoms with van der Waals surface area (Å²) in [7, 11) is 1.53. The van der Waals surface area contributed by atoms with Crippen molar-refractivity contribution in [1.82, 2.24) is 0 Å². The molecule has 32 heavy (non-hydrogen) atoms. The van der Waals surface area contributed by atoms with Gasteiger partial charge in [-0.2, -0.15) is 0 Å². The lowest BCUT2D eigenvalue weighted by atomic mass is 10.0. The number of hydrogen-bond donors (Lipinski definition) is 0. The van der Waals surface area contributed by atoms with Crippen LogP contribution in [0.25, 0.3) is 22.1 Å². The number of benzene rings is 2. The zero-order valence-corrected chi connectivity index (χ0v) is 17.2. The standard InChI is InChI=1S/C24H18O8/c1-3-29-24(27)22-20(14-6-8-15(28-2)9-7-14)21(25)17-11-10-16(13-19(17)32-22)31-23(26)18-5-4-12-30-18/h4-13H,3H2,1-2H3. The highest BCUT2D eigenvalue weighted by Gasteiger charge is 2.24. The van der Waals surface area contributed by atoms with Crippen molar-refractivity contribution in [3.8, 4) is 22.6 Å². The van der Waals surface area contributed by atoms with Crippen LogP contribution < -0.4 is 14.9 Å². The molecule has 0 spiro atoms. The number of ether oxygens (including phenoxy) is 3. The summed E-state index contributed by atoms with van der Waals surface area (Å²) in [4.78, 5) is 38.0. The van der Waals surface area contributed by atoms with Crippen LogP contribution in [0.4, 0.5) is 0 Å². The molecule has 0 radical (unpaired) electrons. The second-order valence-electron chi connectivity index (χ2n) is 6.61. The molecule has 0 fully saturated rings. The number of carbonyl (C=O) groups excluding carboxylic acids is 2. The van der Waals surface area contributed by atoms with Crippen LogP contribution in [-0.2, 0) is 4.74 Å². The molecule has 0 aliphatic rings. The van der Waals surface area contributed by atoms with Gasteiger partial charge in [-0.25, -0.2) is 9.59 Å². The van der Waals surface area contributed by atoms with E-state index in [0.29, 0.717) is 11.3 Å². The van der Waals surface area contributed by atoms with Crippen LogP contribution in [0, 0.1) is 0 Å². The van der Waals surface area contributed by atoms with Gasteiger partial charge in [-0.05, 0) is 48.9 Å². The van der Waals surface area contributed by atoms with Crippen molar-refractivity contribution in [2.75, 3.05) is 13.7 Å². The molecular formula is C24H18O8. The van der Waals surface area contributed by atoms with Crippen LogP contribution >= 0.6 is 0 Å². The maximum atomic E-state index is 13.3. The summed E-state index contributed by atoms with van der Waals surface area (Å²) in [6, 6.07) is 14.0. The maximum absolute atomic E-state index is 13.3. The van der Waals surface area contributed by atoms with Crippen molar-refractivity contribution < 1.29 is 32.6 Å². The van der Waals surface area contributed by atoms with Gasteiger partial charge in [-0.3, -0.25) is 4.79 Å². The number of esters is 2. The summed E-state index contributed by atoms with van der Waals surface area (Å²) in [5.74, 6) is -1.00. The minimum absolute atomic E-state index is 0.0219. The molecule has 0 amide bonds. The minimum atomic E-state index is -0.782. The Kier molecular flexibility index (Phi) is 5.76. The maximum Gasteiger partial charge on any atom is 0.379 e. The molecule has 0 aliphatic carbocycles. The first kappa shape index (κ1) is 20.9. The Bertz CT molecular complexity index is 1330. The highest BCUT2D eigenvalue weighted by molar-refractivity contribution is 5.98. The average Bonchev–Trinajstić information content (AvgIpc) is 3.34. The normalized spacial score (nSPS) is 10.7. The smallest absolute Gasteiger partial charge is 0.379 e. The van der Waals surface area contributed by atoms with Gasteiger partial charge in [0.25, 0.3) is 0 Å². The van der Waals surface area contributed by atoms with E-state index in [1.807, 2.05) is 0 Å². The molecule has 0 atom stereocenters. The van der Waals surface area contributed by atoms with E-state index in [2.05, 4.69) is 0 Å². The minimum Gasteiger partial charge on any atom is -0.497 e. The van der Waals surface area contributed by atoms with Gasteiger partial charge in [0.2, 0.25) is 16.9 Å². The van der Waals surface area contributed by atoms with Crippen LogP contribution in [0.1, 0.15) is 28.0 Å². The molecule has 0 saturated heterocycles. The molecule has 0 aliphatic heterocycles. The van der Waals surface area contributed by atoms with Crippen LogP contribution in [0.3, 0.4) is 0 Å². The van der Waals surface area contributed by atoms with Crippen molar-refractivity contribution in [3.05, 3.63) is 82.6 Å². The van der Waals surface area contributed by atoms with Crippen molar-refractivity contribution in [3.63, 3.8) is 0 Å². The number of hydrogen-bond acceptors (Lipinski definition) is 8. The van der Waals surface area contributed by atoms with Gasteiger partial charge in [0.05, 0.1) is 30.9 Å². The molecule has 0 N–H and O–H groups in total. The highest BCUT2D eigenvalue weighted by Crippen LogP contribution is 2.29. The molecule has 2 aromatic heterocycles. The van der Waals surface area contributed by atoms with Crippen molar-refractivity contribution in [2.45, 2.75) is 6.92 Å². The fourth-order valence-electron chi connectivity index (χ4n) is 3.15. The van der Waals surface area contributed by atoms with E-state index in [-0.39, 0.29) is 40.4 Å². The molecular weight excluding hydrogens is 416 g/mol. The number of methoxy groups -OCH3 is 1. The first-order valence-electron chi connectivity index (χ1n) is 9.70. The molecule has 8 nitrogen and oxygen atoms in total. The van der Waals surface area contributed by atoms with E-state index in [0.717, 1.165) is 0 Å². The summed E-state index contributed by atoms with van der Waals surface area (Å²) in [6.07, 6.45) is 1.35. The van der Waals surface area contributed by atoms with E-state index in [1.165, 1.54) is 37.6 Å². The zero-order chi connectivity index (χ0) is 22.7. The molecule has 8 heteroatoms. The number of fused-ring (bicyclic) bond motifs is 1. The monoisotopic (exact) mass is 434 g/mol. The van der Waals surface area contributed by atoms with Gasteiger partial charge in [0.1, 0.15) is 17.1 Å². The Hall–Kier alpha value is -4.33. The molecule has 0 saturated carbocycles. The predicted octanol–water partition coefficient (Wildman–Crippen LogP) is 4.46. The summed E-state index contributed by atoms with van der Waals surface area (Å²) in [6.45, 7) is 1.75. The average molecular weight is 434 g/mol. The van der Waals surface area contributed by atoms with E-state index in [1.54, 1.807) is 37.3 Å². The number of rotatable bonds is 6. The van der Waals surface area contributed by atoms with Crippen molar-refractivity contribution in [1.29, 1.82) is 0 Å². The molecule has 2 heterocycles. The van der Waals surface area contributed by atoms with E-state index in [9.17, 15) is 14.4 Å². The number of furan rings is 1. The van der Waals surface area contributed by atoms with Gasteiger partial charge in [-0.1, -0.05) is 12.1 Å². The van der Waals surface area contributed by atoms with Crippen LogP contribution in [0.15, 0.2) is 74.5 Å². The van der Waals surface area contributed by atoms with Crippen molar-refractivity contribution >= 4 is 22.9 Å². The summed E-state index contributed by atoms with van der Waals surface area (Å²) >= 11 is 0. The zero-order valence-electron chi connectivity index (χ0n) is 17.2. The largest absolute Gasteiger partial charge is 0.497 e. The van der Waals surface area contributed by atoms with Gasteiger partial charge in [-0.15, -0.1) is 0 Å². The van der Waals surface area contributed by atoms with E-state index in [4.69, 9.17) is 23.0 Å². The summed E-state index contributed by atoms with van der Waals surface area (Å²) in [5.41, 5.74) is 0.181. The summed E-state index contributed by atoms with van der Waals surface area (Å²) < 4.78 is 26.3. The van der Waals surface area contributed by atoms with Crippen LogP contribution in [-0.4, -0.2) is 25.7 Å². The second-order valence-corrected chi connectivity index (χ2v) is 6.61. The number of carbonyl (C=O) groups is 2. The Labute approximate surface area is 181 Å². The third-order valence-electron chi connectivity index (χ3n) is 4.64. The van der Waals surface area contributed by atoms with Crippen molar-refractivity contribution in [2.24, 2.45) is 0 Å². The molecule has 4 aromatic rings. The Morgan fingerprint density at radius 2 is 1.72 bits per heavy atom. The quantitative estimate of drug-likeness (QED) is 0.324. The van der Waals surface area contributed by atoms with Crippen LogP contribution in [0.2, 0.25) is 0 Å². The second kappa shape index (κ2) is 8.81. The lowest BCUT2D eigenvalue weighted by molar-refractivity contribution is 0.0491. The summed E-state index contributed by atoms with van der Waals surface area (Å²) in [5, 5.41) is 0.210. The molecule has 162 valence electrons. The lowest BCUT2D eigenvalue weighted by Crippen LogP contribution is -2.15. The molecule has 0 bridgehead atoms.